The molecule has 1 unspecified atom stereocenters. The molecule has 0 spiro atoms. The van der Waals surface area contributed by atoms with Gasteiger partial charge in [0, 0.05) is 33.7 Å². The van der Waals surface area contributed by atoms with Gasteiger partial charge in [0.2, 0.25) is 0 Å². The number of benzene rings is 1. The monoisotopic (exact) mass is 415 g/mol. The Balaban J connectivity index is 0.00000155. The van der Waals surface area contributed by atoms with Gasteiger partial charge in [0.05, 0.1) is 23.8 Å². The standard InChI is InChI=1S/C20H27N5O3.C2H6/c1-20(2,3)28-19(26)24-8-9-25-14(11-24)12-27-18-15(10-21)16(6-7-17(18)25)22-13-23(4)5;1-2/h6-7,13-14H,8-9,11-12H2,1-5H3;1-2H3. The summed E-state index contributed by atoms with van der Waals surface area (Å²) in [6.07, 6.45) is 1.36. The van der Waals surface area contributed by atoms with Crippen molar-refractivity contribution in [2.24, 2.45) is 4.99 Å². The first-order valence-electron chi connectivity index (χ1n) is 10.3. The van der Waals surface area contributed by atoms with Crippen LogP contribution in [0.4, 0.5) is 16.2 Å². The number of carbonyl (C=O) groups is 1. The summed E-state index contributed by atoms with van der Waals surface area (Å²) in [5, 5.41) is 9.65. The third kappa shape index (κ3) is 5.35. The van der Waals surface area contributed by atoms with Crippen molar-refractivity contribution in [3.63, 3.8) is 0 Å². The Morgan fingerprint density at radius 3 is 2.63 bits per heavy atom. The van der Waals surface area contributed by atoms with Gasteiger partial charge in [-0.25, -0.2) is 9.79 Å². The Morgan fingerprint density at radius 1 is 1.33 bits per heavy atom. The van der Waals surface area contributed by atoms with Crippen LogP contribution in [0.5, 0.6) is 5.75 Å². The maximum absolute atomic E-state index is 12.4. The van der Waals surface area contributed by atoms with Crippen molar-refractivity contribution in [1.82, 2.24) is 9.80 Å². The number of carbonyl (C=O) groups excluding carboxylic acids is 1. The molecule has 30 heavy (non-hydrogen) atoms. The van der Waals surface area contributed by atoms with E-state index in [0.29, 0.717) is 43.2 Å². The minimum Gasteiger partial charge on any atom is -0.488 e. The summed E-state index contributed by atoms with van der Waals surface area (Å²) in [5.41, 5.74) is 1.37. The zero-order valence-corrected chi connectivity index (χ0v) is 19.1. The van der Waals surface area contributed by atoms with Crippen molar-refractivity contribution in [3.8, 4) is 11.8 Å². The number of ether oxygens (including phenoxy) is 2. The number of aliphatic imine (C=N–C) groups is 1. The Bertz CT molecular complexity index is 823. The van der Waals surface area contributed by atoms with E-state index in [9.17, 15) is 10.1 Å². The summed E-state index contributed by atoms with van der Waals surface area (Å²) in [6.45, 7) is 11.7. The largest absolute Gasteiger partial charge is 0.488 e. The van der Waals surface area contributed by atoms with Crippen LogP contribution in [0, 0.1) is 11.3 Å². The highest BCUT2D eigenvalue weighted by Crippen LogP contribution is 2.41. The lowest BCUT2D eigenvalue weighted by Crippen LogP contribution is -2.59. The minimum absolute atomic E-state index is 0.0245. The first kappa shape index (κ1) is 23.3. The van der Waals surface area contributed by atoms with E-state index in [-0.39, 0.29) is 12.1 Å². The fourth-order valence-corrected chi connectivity index (χ4v) is 3.31. The van der Waals surface area contributed by atoms with Crippen LogP contribution in [0.2, 0.25) is 0 Å². The molecule has 2 aliphatic heterocycles. The number of rotatable bonds is 2. The maximum Gasteiger partial charge on any atom is 0.410 e. The van der Waals surface area contributed by atoms with Gasteiger partial charge in [-0.3, -0.25) is 0 Å². The van der Waals surface area contributed by atoms with E-state index in [1.54, 1.807) is 11.2 Å². The summed E-state index contributed by atoms with van der Waals surface area (Å²) in [6, 6.07) is 6.03. The quantitative estimate of drug-likeness (QED) is 0.542. The maximum atomic E-state index is 12.4. The first-order valence-corrected chi connectivity index (χ1v) is 10.3. The molecule has 0 N–H and O–H groups in total. The highest BCUT2D eigenvalue weighted by Gasteiger charge is 2.37. The molecular weight excluding hydrogens is 382 g/mol. The smallest absolute Gasteiger partial charge is 0.410 e. The molecule has 0 saturated carbocycles. The van der Waals surface area contributed by atoms with E-state index in [1.807, 2.05) is 65.7 Å². The highest BCUT2D eigenvalue weighted by atomic mass is 16.6. The molecule has 1 amide bonds. The molecule has 0 bridgehead atoms. The van der Waals surface area contributed by atoms with Gasteiger partial charge in [0.25, 0.3) is 0 Å². The number of hydrogen-bond acceptors (Lipinski definition) is 6. The van der Waals surface area contributed by atoms with Gasteiger partial charge >= 0.3 is 6.09 Å². The second-order valence-corrected chi connectivity index (χ2v) is 8.21. The average Bonchev–Trinajstić information content (AvgIpc) is 2.71. The van der Waals surface area contributed by atoms with Crippen LogP contribution in [0.25, 0.3) is 0 Å². The summed E-state index contributed by atoms with van der Waals surface area (Å²) >= 11 is 0. The molecule has 1 aromatic carbocycles. The van der Waals surface area contributed by atoms with E-state index in [0.717, 1.165) is 5.69 Å². The van der Waals surface area contributed by atoms with E-state index in [1.165, 1.54) is 0 Å². The molecule has 0 radical (unpaired) electrons. The lowest BCUT2D eigenvalue weighted by atomic mass is 10.0. The minimum atomic E-state index is -0.519. The SMILES string of the molecule is CC.CN(C)C=Nc1ccc2c(c1C#N)OCC1CN(C(=O)OC(C)(C)C)CCN21. The number of hydrogen-bond donors (Lipinski definition) is 0. The topological polar surface area (TPSA) is 81.4 Å². The van der Waals surface area contributed by atoms with Crippen LogP contribution >= 0.6 is 0 Å². The van der Waals surface area contributed by atoms with E-state index < -0.39 is 5.60 Å². The third-order valence-electron chi connectivity index (χ3n) is 4.52. The van der Waals surface area contributed by atoms with Gasteiger partial charge in [0.15, 0.2) is 5.75 Å². The summed E-state index contributed by atoms with van der Waals surface area (Å²) < 4.78 is 11.5. The molecule has 1 atom stereocenters. The second-order valence-electron chi connectivity index (χ2n) is 8.21. The molecule has 1 saturated heterocycles. The lowest BCUT2D eigenvalue weighted by molar-refractivity contribution is 0.0195. The van der Waals surface area contributed by atoms with Gasteiger partial charge in [0.1, 0.15) is 23.8 Å². The zero-order valence-electron chi connectivity index (χ0n) is 19.1. The second kappa shape index (κ2) is 9.70. The number of amides is 1. The predicted octanol–water partition coefficient (Wildman–Crippen LogP) is 3.62. The third-order valence-corrected chi connectivity index (χ3v) is 4.52. The molecular formula is C22H33N5O3. The number of piperazine rings is 1. The molecule has 2 heterocycles. The van der Waals surface area contributed by atoms with E-state index in [2.05, 4.69) is 16.0 Å². The Kier molecular flexibility index (Phi) is 7.54. The summed E-state index contributed by atoms with van der Waals surface area (Å²) in [7, 11) is 3.75. The Hall–Kier alpha value is -2.95. The number of anilines is 1. The van der Waals surface area contributed by atoms with Gasteiger partial charge < -0.3 is 24.2 Å². The van der Waals surface area contributed by atoms with Crippen LogP contribution < -0.4 is 9.64 Å². The Labute approximate surface area is 179 Å². The molecule has 8 heteroatoms. The van der Waals surface area contributed by atoms with E-state index >= 15 is 0 Å². The summed E-state index contributed by atoms with van der Waals surface area (Å²) in [5.74, 6) is 0.567. The van der Waals surface area contributed by atoms with Gasteiger partial charge in [-0.05, 0) is 32.9 Å². The number of fused-ring (bicyclic) bond motifs is 3. The van der Waals surface area contributed by atoms with Crippen molar-refractivity contribution < 1.29 is 14.3 Å². The number of nitrogens with zero attached hydrogens (tertiary/aromatic N) is 5. The van der Waals surface area contributed by atoms with Crippen LogP contribution in [-0.4, -0.2) is 74.2 Å². The van der Waals surface area contributed by atoms with Crippen LogP contribution in [0.1, 0.15) is 40.2 Å². The molecule has 0 aromatic heterocycles. The molecule has 8 nitrogen and oxygen atoms in total. The van der Waals surface area contributed by atoms with Crippen molar-refractivity contribution in [3.05, 3.63) is 17.7 Å². The van der Waals surface area contributed by atoms with Crippen LogP contribution in [-0.2, 0) is 4.74 Å². The Morgan fingerprint density at radius 2 is 2.03 bits per heavy atom. The van der Waals surface area contributed by atoms with Gasteiger partial charge in [-0.1, -0.05) is 13.8 Å². The molecule has 164 valence electrons. The van der Waals surface area contributed by atoms with Crippen molar-refractivity contribution in [2.75, 3.05) is 45.2 Å². The predicted molar refractivity (Wildman–Crippen MR) is 119 cm³/mol. The summed E-state index contributed by atoms with van der Waals surface area (Å²) in [4.78, 5) is 22.5. The fraction of sp³-hybridized carbons (Fsp3) is 0.591. The fourth-order valence-electron chi connectivity index (χ4n) is 3.31. The van der Waals surface area contributed by atoms with Gasteiger partial charge in [-0.2, -0.15) is 5.26 Å². The molecule has 0 aliphatic carbocycles. The van der Waals surface area contributed by atoms with E-state index in [4.69, 9.17) is 9.47 Å². The number of nitriles is 1. The molecule has 3 rings (SSSR count). The lowest BCUT2D eigenvalue weighted by Gasteiger charge is -2.45. The first-order chi connectivity index (χ1) is 14.2. The van der Waals surface area contributed by atoms with Crippen molar-refractivity contribution >= 4 is 23.8 Å². The molecule has 1 aromatic rings. The van der Waals surface area contributed by atoms with Crippen molar-refractivity contribution in [2.45, 2.75) is 46.3 Å². The van der Waals surface area contributed by atoms with Crippen LogP contribution in [0.3, 0.4) is 0 Å². The normalized spacial score (nSPS) is 17.7. The highest BCUT2D eigenvalue weighted by molar-refractivity contribution is 5.77. The van der Waals surface area contributed by atoms with Crippen molar-refractivity contribution in [1.29, 1.82) is 5.26 Å². The van der Waals surface area contributed by atoms with Gasteiger partial charge in [-0.15, -0.1) is 0 Å². The molecule has 2 aliphatic rings. The average molecular weight is 416 g/mol. The molecule has 1 fully saturated rings. The zero-order chi connectivity index (χ0) is 22.5. The van der Waals surface area contributed by atoms with Crippen LogP contribution in [0.15, 0.2) is 17.1 Å².